The van der Waals surface area contributed by atoms with E-state index in [2.05, 4.69) is 11.1 Å². The van der Waals surface area contributed by atoms with Crippen molar-refractivity contribution in [1.82, 2.24) is 5.32 Å². The highest BCUT2D eigenvalue weighted by Gasteiger charge is 2.22. The summed E-state index contributed by atoms with van der Waals surface area (Å²) in [4.78, 5) is 23.5. The molecule has 0 spiro atoms. The smallest absolute Gasteiger partial charge is 0.279 e. The van der Waals surface area contributed by atoms with Crippen LogP contribution in [0.3, 0.4) is 0 Å². The molecule has 2 rings (SSSR count). The number of aliphatic carboxylic acids is 1. The minimum atomic E-state index is -1.33. The van der Waals surface area contributed by atoms with Crippen LogP contribution >= 0.6 is 0 Å². The number of carbonyl (C=O) groups excluding carboxylic acids is 2. The molecule has 0 aliphatic rings. The van der Waals surface area contributed by atoms with E-state index in [0.29, 0.717) is 6.42 Å². The Morgan fingerprint density at radius 2 is 1.58 bits per heavy atom. The first-order chi connectivity index (χ1) is 11.5. The van der Waals surface area contributed by atoms with Crippen LogP contribution in [0.2, 0.25) is 0 Å². The van der Waals surface area contributed by atoms with Crippen LogP contribution in [0, 0.1) is 0 Å². The van der Waals surface area contributed by atoms with Crippen LogP contribution in [0.4, 0.5) is 0 Å². The molecule has 0 aliphatic heterocycles. The molecule has 0 heterocycles. The zero-order valence-electron chi connectivity index (χ0n) is 13.1. The number of carboxylic acid groups (broad SMARTS) is 1. The van der Waals surface area contributed by atoms with Crippen molar-refractivity contribution in [1.29, 1.82) is 0 Å². The van der Waals surface area contributed by atoms with E-state index < -0.39 is 24.0 Å². The fourth-order valence-electron chi connectivity index (χ4n) is 2.34. The molecular weight excluding hydrogens is 308 g/mol. The van der Waals surface area contributed by atoms with Crippen LogP contribution in [0.25, 0.3) is 0 Å². The van der Waals surface area contributed by atoms with E-state index in [9.17, 15) is 19.8 Å². The number of quaternary nitrogens is 1. The summed E-state index contributed by atoms with van der Waals surface area (Å²) in [6, 6.07) is 13.7. The molecule has 0 saturated carbocycles. The molecule has 2 aromatic carbocycles. The molecule has 0 bridgehead atoms. The zero-order chi connectivity index (χ0) is 17.5. The molecule has 2 atom stereocenters. The van der Waals surface area contributed by atoms with Gasteiger partial charge in [0.2, 0.25) is 0 Å². The summed E-state index contributed by atoms with van der Waals surface area (Å²) in [5.74, 6) is -1.64. The van der Waals surface area contributed by atoms with E-state index in [4.69, 9.17) is 0 Å². The molecular formula is C18H20N2O4. The maximum Gasteiger partial charge on any atom is 0.279 e. The van der Waals surface area contributed by atoms with Gasteiger partial charge in [0.05, 0.1) is 12.0 Å². The number of phenolic OH excluding ortho intramolecular Hbond substituents is 1. The van der Waals surface area contributed by atoms with Crippen molar-refractivity contribution in [3.05, 3.63) is 65.7 Å². The first-order valence-corrected chi connectivity index (χ1v) is 7.62. The third-order valence-electron chi connectivity index (χ3n) is 3.67. The van der Waals surface area contributed by atoms with Crippen LogP contribution < -0.4 is 16.2 Å². The number of nitrogens with one attached hydrogen (secondary N) is 1. The highest BCUT2D eigenvalue weighted by atomic mass is 16.4. The van der Waals surface area contributed by atoms with Crippen molar-refractivity contribution in [2.75, 3.05) is 0 Å². The molecule has 24 heavy (non-hydrogen) atoms. The summed E-state index contributed by atoms with van der Waals surface area (Å²) >= 11 is 0. The van der Waals surface area contributed by atoms with Crippen molar-refractivity contribution in [2.45, 2.75) is 24.9 Å². The third kappa shape index (κ3) is 5.10. The van der Waals surface area contributed by atoms with E-state index >= 15 is 0 Å². The van der Waals surface area contributed by atoms with E-state index in [1.807, 2.05) is 6.07 Å². The molecule has 2 aromatic rings. The maximum atomic E-state index is 12.2. The second kappa shape index (κ2) is 8.12. The third-order valence-corrected chi connectivity index (χ3v) is 3.67. The lowest BCUT2D eigenvalue weighted by molar-refractivity contribution is -0.403. The Hall–Kier alpha value is -2.86. The van der Waals surface area contributed by atoms with Gasteiger partial charge in [-0.1, -0.05) is 42.5 Å². The van der Waals surface area contributed by atoms with Gasteiger partial charge in [-0.3, -0.25) is 4.79 Å². The Morgan fingerprint density at radius 3 is 2.17 bits per heavy atom. The predicted molar refractivity (Wildman–Crippen MR) is 85.6 cm³/mol. The molecule has 5 N–H and O–H groups in total. The summed E-state index contributed by atoms with van der Waals surface area (Å²) in [5, 5.41) is 23.0. The summed E-state index contributed by atoms with van der Waals surface area (Å²) in [6.45, 7) is 0. The fourth-order valence-corrected chi connectivity index (χ4v) is 2.34. The van der Waals surface area contributed by atoms with Crippen LogP contribution in [-0.4, -0.2) is 29.1 Å². The second-order valence-corrected chi connectivity index (χ2v) is 5.64. The molecule has 1 amide bonds. The Balaban J connectivity index is 1.96. The van der Waals surface area contributed by atoms with Gasteiger partial charge in [0.1, 0.15) is 5.75 Å². The largest absolute Gasteiger partial charge is 0.548 e. The number of phenols is 1. The molecule has 0 unspecified atom stereocenters. The predicted octanol–water partition coefficient (Wildman–Crippen LogP) is -0.977. The number of benzene rings is 2. The molecule has 126 valence electrons. The van der Waals surface area contributed by atoms with Crippen molar-refractivity contribution in [3.63, 3.8) is 0 Å². The van der Waals surface area contributed by atoms with E-state index in [-0.39, 0.29) is 12.2 Å². The number of hydrogen-bond donors (Lipinski definition) is 3. The Kier molecular flexibility index (Phi) is 5.92. The highest BCUT2D eigenvalue weighted by molar-refractivity contribution is 5.85. The molecule has 6 heteroatoms. The van der Waals surface area contributed by atoms with Crippen molar-refractivity contribution in [3.8, 4) is 5.75 Å². The lowest BCUT2D eigenvalue weighted by Crippen LogP contribution is -2.70. The normalized spacial score (nSPS) is 13.0. The SMILES string of the molecule is [NH3+][C@H](Cc1ccc(O)cc1)C(=O)N[C@@H](Cc1ccccc1)C(=O)[O-]. The summed E-state index contributed by atoms with van der Waals surface area (Å²) in [5.41, 5.74) is 5.41. The lowest BCUT2D eigenvalue weighted by Gasteiger charge is -2.21. The zero-order valence-corrected chi connectivity index (χ0v) is 13.1. The van der Waals surface area contributed by atoms with Crippen molar-refractivity contribution in [2.24, 2.45) is 0 Å². The van der Waals surface area contributed by atoms with Gasteiger partial charge in [-0.05, 0) is 29.7 Å². The Bertz CT molecular complexity index is 686. The number of rotatable bonds is 7. The average Bonchev–Trinajstić information content (AvgIpc) is 2.57. The summed E-state index contributed by atoms with van der Waals surface area (Å²) in [7, 11) is 0. The van der Waals surface area contributed by atoms with E-state index in [1.54, 1.807) is 36.4 Å². The van der Waals surface area contributed by atoms with Gasteiger partial charge in [-0.2, -0.15) is 0 Å². The van der Waals surface area contributed by atoms with Gasteiger partial charge in [0.25, 0.3) is 5.91 Å². The molecule has 0 aliphatic carbocycles. The average molecular weight is 328 g/mol. The number of carbonyl (C=O) groups is 2. The van der Waals surface area contributed by atoms with Crippen LogP contribution in [0.5, 0.6) is 5.75 Å². The quantitative estimate of drug-likeness (QED) is 0.606. The topological polar surface area (TPSA) is 117 Å². The number of hydrogen-bond acceptors (Lipinski definition) is 4. The van der Waals surface area contributed by atoms with Gasteiger partial charge in [0.15, 0.2) is 6.04 Å². The van der Waals surface area contributed by atoms with Crippen LogP contribution in [0.15, 0.2) is 54.6 Å². The molecule has 6 nitrogen and oxygen atoms in total. The van der Waals surface area contributed by atoms with Crippen molar-refractivity contribution < 1.29 is 25.5 Å². The van der Waals surface area contributed by atoms with Crippen molar-refractivity contribution >= 4 is 11.9 Å². The van der Waals surface area contributed by atoms with E-state index in [0.717, 1.165) is 11.1 Å². The second-order valence-electron chi connectivity index (χ2n) is 5.64. The number of amides is 1. The number of aromatic hydroxyl groups is 1. The number of carboxylic acids is 1. The van der Waals surface area contributed by atoms with Crippen LogP contribution in [-0.2, 0) is 22.4 Å². The van der Waals surface area contributed by atoms with E-state index in [1.165, 1.54) is 12.1 Å². The van der Waals surface area contributed by atoms with Gasteiger partial charge in [-0.15, -0.1) is 0 Å². The Morgan fingerprint density at radius 1 is 1.00 bits per heavy atom. The molecule has 0 saturated heterocycles. The standard InChI is InChI=1S/C18H20N2O4/c19-15(10-13-6-8-14(21)9-7-13)17(22)20-16(18(23)24)11-12-4-2-1-3-5-12/h1-9,15-16,21H,10-11,19H2,(H,20,22)(H,23,24)/t15-,16+/m1/s1. The first-order valence-electron chi connectivity index (χ1n) is 7.62. The van der Waals surface area contributed by atoms with Crippen LogP contribution in [0.1, 0.15) is 11.1 Å². The monoisotopic (exact) mass is 328 g/mol. The summed E-state index contributed by atoms with van der Waals surface area (Å²) in [6.07, 6.45) is 0.498. The summed E-state index contributed by atoms with van der Waals surface area (Å²) < 4.78 is 0. The van der Waals surface area contributed by atoms with Gasteiger partial charge in [-0.25, -0.2) is 0 Å². The minimum absolute atomic E-state index is 0.142. The first kappa shape index (κ1) is 17.5. The highest BCUT2D eigenvalue weighted by Crippen LogP contribution is 2.11. The maximum absolute atomic E-state index is 12.2. The minimum Gasteiger partial charge on any atom is -0.548 e. The molecule has 0 fully saturated rings. The lowest BCUT2D eigenvalue weighted by atomic mass is 10.0. The van der Waals surface area contributed by atoms with Gasteiger partial charge >= 0.3 is 0 Å². The Labute approximate surface area is 139 Å². The molecule has 0 aromatic heterocycles. The van der Waals surface area contributed by atoms with Gasteiger partial charge in [0, 0.05) is 6.42 Å². The fraction of sp³-hybridized carbons (Fsp3) is 0.222. The molecule has 0 radical (unpaired) electrons. The van der Waals surface area contributed by atoms with Gasteiger partial charge < -0.3 is 26.1 Å².